The smallest absolute Gasteiger partial charge is 0.213 e. The van der Waals surface area contributed by atoms with Crippen LogP contribution in [0.2, 0.25) is 0 Å². The first kappa shape index (κ1) is 14.1. The Balaban J connectivity index is 1.82. The van der Waals surface area contributed by atoms with Crippen molar-refractivity contribution in [1.82, 2.24) is 4.98 Å². The van der Waals surface area contributed by atoms with Gasteiger partial charge in [0.2, 0.25) is 5.88 Å². The molecule has 19 heavy (non-hydrogen) atoms. The summed E-state index contributed by atoms with van der Waals surface area (Å²) in [6.07, 6.45) is 10.8. The molecule has 0 amide bonds. The summed E-state index contributed by atoms with van der Waals surface area (Å²) in [5.41, 5.74) is 1.13. The summed E-state index contributed by atoms with van der Waals surface area (Å²) in [4.78, 5) is 4.32. The Bertz CT molecular complexity index is 380. The van der Waals surface area contributed by atoms with Crippen molar-refractivity contribution in [2.45, 2.75) is 32.6 Å². The average Bonchev–Trinajstić information content (AvgIpc) is 2.48. The average molecular weight is 261 g/mol. The van der Waals surface area contributed by atoms with Crippen LogP contribution in [0.25, 0.3) is 6.08 Å². The fourth-order valence-corrected chi connectivity index (χ4v) is 2.05. The van der Waals surface area contributed by atoms with Crippen LogP contribution < -0.4 is 4.74 Å². The lowest BCUT2D eigenvalue weighted by molar-refractivity contribution is 0.0787. The Morgan fingerprint density at radius 2 is 2.21 bits per heavy atom. The number of ether oxygens (including phenoxy) is 2. The van der Waals surface area contributed by atoms with Crippen LogP contribution in [-0.4, -0.2) is 24.8 Å². The molecule has 1 aromatic rings. The number of pyridine rings is 1. The molecule has 0 N–H and O–H groups in total. The van der Waals surface area contributed by atoms with Gasteiger partial charge in [0, 0.05) is 25.5 Å². The first-order valence-corrected chi connectivity index (χ1v) is 7.23. The van der Waals surface area contributed by atoms with Crippen molar-refractivity contribution in [1.29, 1.82) is 0 Å². The van der Waals surface area contributed by atoms with Crippen molar-refractivity contribution in [3.63, 3.8) is 0 Å². The van der Waals surface area contributed by atoms with Crippen molar-refractivity contribution in [3.05, 3.63) is 30.0 Å². The zero-order valence-electron chi connectivity index (χ0n) is 11.7. The molecule has 0 spiro atoms. The molecule has 3 heteroatoms. The van der Waals surface area contributed by atoms with Gasteiger partial charge in [0.25, 0.3) is 0 Å². The zero-order chi connectivity index (χ0) is 13.3. The SMILES string of the molecule is CCCCOc1ccc(/C=C\C2CCOCC2)cn1. The highest BCUT2D eigenvalue weighted by Gasteiger charge is 2.09. The first-order valence-electron chi connectivity index (χ1n) is 7.23. The van der Waals surface area contributed by atoms with Gasteiger partial charge in [-0.25, -0.2) is 4.98 Å². The maximum absolute atomic E-state index is 5.54. The third-order valence-corrected chi connectivity index (χ3v) is 3.33. The standard InChI is InChI=1S/C16H23NO2/c1-2-3-10-19-16-7-6-15(13-17-16)5-4-14-8-11-18-12-9-14/h4-7,13-14H,2-3,8-12H2,1H3/b5-4-. The van der Waals surface area contributed by atoms with Crippen LogP contribution in [0, 0.1) is 5.92 Å². The van der Waals surface area contributed by atoms with Crippen LogP contribution in [0.5, 0.6) is 5.88 Å². The Kier molecular flexibility index (Phi) is 5.89. The van der Waals surface area contributed by atoms with Gasteiger partial charge in [-0.3, -0.25) is 0 Å². The largest absolute Gasteiger partial charge is 0.478 e. The number of aromatic nitrogens is 1. The van der Waals surface area contributed by atoms with Crippen LogP contribution in [0.15, 0.2) is 24.4 Å². The first-order chi connectivity index (χ1) is 9.38. The van der Waals surface area contributed by atoms with Crippen LogP contribution in [0.1, 0.15) is 38.2 Å². The molecule has 0 bridgehead atoms. The van der Waals surface area contributed by atoms with Crippen LogP contribution in [0.4, 0.5) is 0 Å². The highest BCUT2D eigenvalue weighted by molar-refractivity contribution is 5.48. The lowest BCUT2D eigenvalue weighted by Gasteiger charge is -2.18. The van der Waals surface area contributed by atoms with E-state index in [9.17, 15) is 0 Å². The molecule has 0 radical (unpaired) electrons. The molecule has 2 heterocycles. The fraction of sp³-hybridized carbons (Fsp3) is 0.562. The van der Waals surface area contributed by atoms with Gasteiger partial charge >= 0.3 is 0 Å². The number of nitrogens with zero attached hydrogens (tertiary/aromatic N) is 1. The van der Waals surface area contributed by atoms with E-state index in [1.807, 2.05) is 12.3 Å². The Morgan fingerprint density at radius 1 is 1.37 bits per heavy atom. The lowest BCUT2D eigenvalue weighted by atomic mass is 9.99. The fourth-order valence-electron chi connectivity index (χ4n) is 2.05. The summed E-state index contributed by atoms with van der Waals surface area (Å²) in [7, 11) is 0. The number of rotatable bonds is 6. The van der Waals surface area contributed by atoms with E-state index in [1.54, 1.807) is 0 Å². The topological polar surface area (TPSA) is 31.4 Å². The Labute approximate surface area is 115 Å². The summed E-state index contributed by atoms with van der Waals surface area (Å²) >= 11 is 0. The maximum atomic E-state index is 5.54. The molecule has 104 valence electrons. The summed E-state index contributed by atoms with van der Waals surface area (Å²) in [6, 6.07) is 4.00. The van der Waals surface area contributed by atoms with E-state index < -0.39 is 0 Å². The second kappa shape index (κ2) is 7.95. The highest BCUT2D eigenvalue weighted by Crippen LogP contribution is 2.18. The van der Waals surface area contributed by atoms with Gasteiger partial charge in [0.1, 0.15) is 0 Å². The molecular weight excluding hydrogens is 238 g/mol. The Morgan fingerprint density at radius 3 is 2.89 bits per heavy atom. The molecular formula is C16H23NO2. The third kappa shape index (κ3) is 5.03. The summed E-state index contributed by atoms with van der Waals surface area (Å²) in [5.74, 6) is 1.37. The minimum Gasteiger partial charge on any atom is -0.478 e. The molecule has 0 saturated carbocycles. The minimum atomic E-state index is 0.647. The maximum Gasteiger partial charge on any atom is 0.213 e. The number of hydrogen-bond acceptors (Lipinski definition) is 3. The minimum absolute atomic E-state index is 0.647. The van der Waals surface area contributed by atoms with Gasteiger partial charge in [-0.15, -0.1) is 0 Å². The van der Waals surface area contributed by atoms with E-state index in [4.69, 9.17) is 9.47 Å². The molecule has 3 nitrogen and oxygen atoms in total. The van der Waals surface area contributed by atoms with Gasteiger partial charge in [-0.05, 0) is 36.8 Å². The van der Waals surface area contributed by atoms with Gasteiger partial charge < -0.3 is 9.47 Å². The predicted octanol–water partition coefficient (Wildman–Crippen LogP) is 3.70. The number of allylic oxidation sites excluding steroid dienone is 1. The molecule has 1 aliphatic rings. The predicted molar refractivity (Wildman–Crippen MR) is 77.2 cm³/mol. The van der Waals surface area contributed by atoms with Gasteiger partial charge in [0.05, 0.1) is 6.61 Å². The van der Waals surface area contributed by atoms with Crippen molar-refractivity contribution in [3.8, 4) is 5.88 Å². The van der Waals surface area contributed by atoms with E-state index in [0.29, 0.717) is 5.92 Å². The van der Waals surface area contributed by atoms with Gasteiger partial charge in [-0.1, -0.05) is 25.5 Å². The molecule has 0 aromatic carbocycles. The van der Waals surface area contributed by atoms with E-state index in [1.165, 1.54) is 0 Å². The molecule has 0 atom stereocenters. The van der Waals surface area contributed by atoms with Crippen molar-refractivity contribution in [2.24, 2.45) is 5.92 Å². The summed E-state index contributed by atoms with van der Waals surface area (Å²) in [6.45, 7) is 4.68. The van der Waals surface area contributed by atoms with Crippen LogP contribution in [0.3, 0.4) is 0 Å². The summed E-state index contributed by atoms with van der Waals surface area (Å²) < 4.78 is 10.9. The van der Waals surface area contributed by atoms with Crippen LogP contribution >= 0.6 is 0 Å². The number of hydrogen-bond donors (Lipinski definition) is 0. The van der Waals surface area contributed by atoms with Crippen molar-refractivity contribution < 1.29 is 9.47 Å². The zero-order valence-corrected chi connectivity index (χ0v) is 11.7. The number of unbranched alkanes of at least 4 members (excludes halogenated alkanes) is 1. The quantitative estimate of drug-likeness (QED) is 0.732. The van der Waals surface area contributed by atoms with E-state index in [0.717, 1.165) is 56.9 Å². The highest BCUT2D eigenvalue weighted by atomic mass is 16.5. The van der Waals surface area contributed by atoms with Crippen molar-refractivity contribution in [2.75, 3.05) is 19.8 Å². The second-order valence-corrected chi connectivity index (χ2v) is 4.94. The molecule has 1 aliphatic heterocycles. The molecule has 1 fully saturated rings. The second-order valence-electron chi connectivity index (χ2n) is 4.94. The van der Waals surface area contributed by atoms with E-state index in [-0.39, 0.29) is 0 Å². The van der Waals surface area contributed by atoms with Crippen LogP contribution in [-0.2, 0) is 4.74 Å². The van der Waals surface area contributed by atoms with Crippen molar-refractivity contribution >= 4 is 6.08 Å². The molecule has 0 unspecified atom stereocenters. The lowest BCUT2D eigenvalue weighted by Crippen LogP contribution is -2.13. The third-order valence-electron chi connectivity index (χ3n) is 3.33. The normalized spacial score (nSPS) is 16.9. The van der Waals surface area contributed by atoms with E-state index in [2.05, 4.69) is 30.1 Å². The van der Waals surface area contributed by atoms with E-state index >= 15 is 0 Å². The Hall–Kier alpha value is -1.35. The molecule has 1 aromatic heterocycles. The molecule has 0 aliphatic carbocycles. The van der Waals surface area contributed by atoms with Gasteiger partial charge in [0.15, 0.2) is 0 Å². The molecule has 2 rings (SSSR count). The monoisotopic (exact) mass is 261 g/mol. The molecule has 1 saturated heterocycles. The van der Waals surface area contributed by atoms with Gasteiger partial charge in [-0.2, -0.15) is 0 Å². The summed E-state index contributed by atoms with van der Waals surface area (Å²) in [5, 5.41) is 0.